The van der Waals surface area contributed by atoms with Gasteiger partial charge in [-0.05, 0) is 17.7 Å². The van der Waals surface area contributed by atoms with Crippen LogP contribution in [0.25, 0.3) is 0 Å². The lowest BCUT2D eigenvalue weighted by molar-refractivity contribution is 0.396. The van der Waals surface area contributed by atoms with E-state index < -0.39 is 0 Å². The van der Waals surface area contributed by atoms with E-state index in [1.54, 1.807) is 7.11 Å². The molecule has 0 bridgehead atoms. The first-order valence-corrected chi connectivity index (χ1v) is 6.23. The molecule has 2 N–H and O–H groups in total. The van der Waals surface area contributed by atoms with Crippen molar-refractivity contribution in [3.05, 3.63) is 53.7 Å². The average Bonchev–Trinajstić information content (AvgIpc) is 2.47. The van der Waals surface area contributed by atoms with E-state index in [0.29, 0.717) is 19.0 Å². The molecule has 2 aromatic rings. The molecule has 0 amide bonds. The third-order valence-corrected chi connectivity index (χ3v) is 3.01. The molecule has 1 aromatic heterocycles. The topological polar surface area (TPSA) is 51.4 Å². The molecule has 0 unspecified atom stereocenters. The summed E-state index contributed by atoms with van der Waals surface area (Å²) in [5.41, 5.74) is 9.00. The second kappa shape index (κ2) is 6.20. The second-order valence-electron chi connectivity index (χ2n) is 4.36. The Morgan fingerprint density at radius 3 is 2.68 bits per heavy atom. The first kappa shape index (κ1) is 13.4. The largest absolute Gasteiger partial charge is 0.481 e. The number of pyridine rings is 1. The van der Waals surface area contributed by atoms with Crippen LogP contribution in [-0.4, -0.2) is 19.1 Å². The van der Waals surface area contributed by atoms with Crippen LogP contribution in [-0.2, 0) is 13.1 Å². The molecule has 0 aliphatic carbocycles. The predicted octanol–water partition coefficient (Wildman–Crippen LogP) is 2.19. The summed E-state index contributed by atoms with van der Waals surface area (Å²) in [6.45, 7) is 1.25. The monoisotopic (exact) mass is 257 g/mol. The quantitative estimate of drug-likeness (QED) is 0.892. The third-order valence-electron chi connectivity index (χ3n) is 3.01. The van der Waals surface area contributed by atoms with Crippen LogP contribution in [0.5, 0.6) is 5.88 Å². The SMILES string of the molecule is COc1cccc(CN(C)c2ccccc2CN)n1. The van der Waals surface area contributed by atoms with E-state index in [0.717, 1.165) is 16.9 Å². The molecular formula is C15H19N3O. The van der Waals surface area contributed by atoms with Gasteiger partial charge in [-0.2, -0.15) is 0 Å². The maximum atomic E-state index is 5.77. The second-order valence-corrected chi connectivity index (χ2v) is 4.36. The zero-order valence-corrected chi connectivity index (χ0v) is 11.3. The van der Waals surface area contributed by atoms with Gasteiger partial charge < -0.3 is 15.4 Å². The molecule has 1 heterocycles. The van der Waals surface area contributed by atoms with Crippen molar-refractivity contribution >= 4 is 5.69 Å². The standard InChI is InChI=1S/C15H19N3O/c1-18(14-8-4-3-6-12(14)10-16)11-13-7-5-9-15(17-13)19-2/h3-9H,10-11,16H2,1-2H3. The number of methoxy groups -OCH3 is 1. The summed E-state index contributed by atoms with van der Waals surface area (Å²) in [5.74, 6) is 0.637. The Hall–Kier alpha value is -2.07. The van der Waals surface area contributed by atoms with Crippen LogP contribution in [0, 0.1) is 0 Å². The van der Waals surface area contributed by atoms with Crippen LogP contribution in [0.1, 0.15) is 11.3 Å². The molecule has 0 fully saturated rings. The van der Waals surface area contributed by atoms with E-state index >= 15 is 0 Å². The van der Waals surface area contributed by atoms with Gasteiger partial charge in [0, 0.05) is 25.3 Å². The summed E-state index contributed by atoms with van der Waals surface area (Å²) in [6, 6.07) is 13.9. The molecule has 0 radical (unpaired) electrons. The van der Waals surface area contributed by atoms with E-state index in [-0.39, 0.29) is 0 Å². The molecular weight excluding hydrogens is 238 g/mol. The molecule has 0 spiro atoms. The van der Waals surface area contributed by atoms with Gasteiger partial charge in [-0.25, -0.2) is 4.98 Å². The molecule has 19 heavy (non-hydrogen) atoms. The summed E-state index contributed by atoms with van der Waals surface area (Å²) < 4.78 is 5.14. The molecule has 0 saturated heterocycles. The Bertz CT molecular complexity index is 542. The summed E-state index contributed by atoms with van der Waals surface area (Å²) >= 11 is 0. The summed E-state index contributed by atoms with van der Waals surface area (Å²) in [4.78, 5) is 6.56. The highest BCUT2D eigenvalue weighted by molar-refractivity contribution is 5.53. The van der Waals surface area contributed by atoms with E-state index in [4.69, 9.17) is 10.5 Å². The number of hydrogen-bond acceptors (Lipinski definition) is 4. The summed E-state index contributed by atoms with van der Waals surface area (Å²) in [5, 5.41) is 0. The van der Waals surface area contributed by atoms with E-state index in [1.807, 2.05) is 43.4 Å². The van der Waals surface area contributed by atoms with Crippen molar-refractivity contribution < 1.29 is 4.74 Å². The highest BCUT2D eigenvalue weighted by Gasteiger charge is 2.07. The van der Waals surface area contributed by atoms with Gasteiger partial charge in [0.1, 0.15) is 0 Å². The fourth-order valence-corrected chi connectivity index (χ4v) is 2.04. The van der Waals surface area contributed by atoms with Crippen molar-refractivity contribution in [2.75, 3.05) is 19.1 Å². The van der Waals surface area contributed by atoms with Gasteiger partial charge in [0.15, 0.2) is 0 Å². The van der Waals surface area contributed by atoms with E-state index in [2.05, 4.69) is 16.0 Å². The van der Waals surface area contributed by atoms with E-state index in [9.17, 15) is 0 Å². The number of rotatable bonds is 5. The number of benzene rings is 1. The number of hydrogen-bond donors (Lipinski definition) is 1. The lowest BCUT2D eigenvalue weighted by atomic mass is 10.1. The van der Waals surface area contributed by atoms with Crippen LogP contribution >= 0.6 is 0 Å². The minimum Gasteiger partial charge on any atom is -0.481 e. The Balaban J connectivity index is 2.18. The molecule has 4 nitrogen and oxygen atoms in total. The molecule has 100 valence electrons. The predicted molar refractivity (Wildman–Crippen MR) is 77.2 cm³/mol. The lowest BCUT2D eigenvalue weighted by Gasteiger charge is -2.21. The summed E-state index contributed by atoms with van der Waals surface area (Å²) in [7, 11) is 3.66. The van der Waals surface area contributed by atoms with Crippen molar-refractivity contribution in [2.45, 2.75) is 13.1 Å². The molecule has 0 atom stereocenters. The zero-order chi connectivity index (χ0) is 13.7. The molecule has 2 rings (SSSR count). The molecule has 4 heteroatoms. The number of ether oxygens (including phenoxy) is 1. The number of nitrogens with zero attached hydrogens (tertiary/aromatic N) is 2. The molecule has 0 saturated carbocycles. The first-order chi connectivity index (χ1) is 9.24. The fraction of sp³-hybridized carbons (Fsp3) is 0.267. The van der Waals surface area contributed by atoms with E-state index in [1.165, 1.54) is 0 Å². The van der Waals surface area contributed by atoms with Gasteiger partial charge in [-0.15, -0.1) is 0 Å². The minimum atomic E-state index is 0.534. The van der Waals surface area contributed by atoms with Crippen molar-refractivity contribution in [3.63, 3.8) is 0 Å². The fourth-order valence-electron chi connectivity index (χ4n) is 2.04. The van der Waals surface area contributed by atoms with Gasteiger partial charge in [-0.1, -0.05) is 24.3 Å². The normalized spacial score (nSPS) is 10.3. The Labute approximate surface area is 113 Å². The van der Waals surface area contributed by atoms with Crippen LogP contribution in [0.3, 0.4) is 0 Å². The molecule has 0 aliphatic heterocycles. The van der Waals surface area contributed by atoms with Crippen molar-refractivity contribution in [1.29, 1.82) is 0 Å². The zero-order valence-electron chi connectivity index (χ0n) is 11.3. The van der Waals surface area contributed by atoms with Gasteiger partial charge >= 0.3 is 0 Å². The number of aromatic nitrogens is 1. The number of nitrogens with two attached hydrogens (primary N) is 1. The Morgan fingerprint density at radius 2 is 1.95 bits per heavy atom. The van der Waals surface area contributed by atoms with Crippen LogP contribution < -0.4 is 15.4 Å². The Kier molecular flexibility index (Phi) is 4.36. The number of para-hydroxylation sites is 1. The van der Waals surface area contributed by atoms with Crippen LogP contribution in [0.2, 0.25) is 0 Å². The molecule has 1 aromatic carbocycles. The Morgan fingerprint density at radius 1 is 1.16 bits per heavy atom. The summed E-state index contributed by atoms with van der Waals surface area (Å²) in [6.07, 6.45) is 0. The lowest BCUT2D eigenvalue weighted by Crippen LogP contribution is -2.19. The average molecular weight is 257 g/mol. The molecule has 0 aliphatic rings. The first-order valence-electron chi connectivity index (χ1n) is 6.23. The van der Waals surface area contributed by atoms with Crippen molar-refractivity contribution in [3.8, 4) is 5.88 Å². The van der Waals surface area contributed by atoms with Crippen molar-refractivity contribution in [1.82, 2.24) is 4.98 Å². The van der Waals surface area contributed by atoms with Crippen molar-refractivity contribution in [2.24, 2.45) is 5.73 Å². The highest BCUT2D eigenvalue weighted by Crippen LogP contribution is 2.20. The third kappa shape index (κ3) is 3.23. The smallest absolute Gasteiger partial charge is 0.213 e. The van der Waals surface area contributed by atoms with Gasteiger partial charge in [0.25, 0.3) is 0 Å². The minimum absolute atomic E-state index is 0.534. The highest BCUT2D eigenvalue weighted by atomic mass is 16.5. The maximum absolute atomic E-state index is 5.77. The van der Waals surface area contributed by atoms with Crippen LogP contribution in [0.15, 0.2) is 42.5 Å². The number of anilines is 1. The van der Waals surface area contributed by atoms with Gasteiger partial charge in [0.05, 0.1) is 19.3 Å². The van der Waals surface area contributed by atoms with Gasteiger partial charge in [-0.3, -0.25) is 0 Å². The maximum Gasteiger partial charge on any atom is 0.213 e. The van der Waals surface area contributed by atoms with Crippen LogP contribution in [0.4, 0.5) is 5.69 Å². The van der Waals surface area contributed by atoms with Gasteiger partial charge in [0.2, 0.25) is 5.88 Å².